The van der Waals surface area contributed by atoms with Crippen LogP contribution in [0.2, 0.25) is 0 Å². The van der Waals surface area contributed by atoms with Crippen molar-refractivity contribution in [3.8, 4) is 0 Å². The quantitative estimate of drug-likeness (QED) is 0.388. The number of rotatable bonds is 7. The van der Waals surface area contributed by atoms with Crippen molar-refractivity contribution in [2.45, 2.75) is 49.1 Å². The third kappa shape index (κ3) is 3.79. The number of allylic oxidation sites excluding steroid dienone is 1. The number of hydrogen-bond acceptors (Lipinski definition) is 0. The highest BCUT2D eigenvalue weighted by molar-refractivity contribution is 5.66. The van der Waals surface area contributed by atoms with Gasteiger partial charge in [0.2, 0.25) is 0 Å². The summed E-state index contributed by atoms with van der Waals surface area (Å²) >= 11 is 0. The van der Waals surface area contributed by atoms with Crippen LogP contribution in [0.1, 0.15) is 17.5 Å². The SMILES string of the molecule is C=C(CC(F)(F)C(F)(F)C(F)(F)C(F)(F)C(F)(F)C(F)(F)F)c1ccccc1C. The number of benzene rings is 1. The average molecular weight is 450 g/mol. The lowest BCUT2D eigenvalue weighted by molar-refractivity contribution is -0.439. The molecule has 0 aliphatic heterocycles. The second-order valence-electron chi connectivity index (χ2n) is 6.10. The lowest BCUT2D eigenvalue weighted by atomic mass is 9.89. The summed E-state index contributed by atoms with van der Waals surface area (Å²) in [6.07, 6.45) is -9.84. The second-order valence-corrected chi connectivity index (χ2v) is 6.10. The summed E-state index contributed by atoms with van der Waals surface area (Å²) in [4.78, 5) is 0. The van der Waals surface area contributed by atoms with Gasteiger partial charge in [-0.05, 0) is 23.6 Å². The standard InChI is InChI=1S/C16H11F13/c1-8-5-3-4-6-10(8)9(2)7-11(17,18)12(19,20)13(21,22)14(23,24)15(25,26)16(27,28)29/h3-6H,2,7H2,1H3. The van der Waals surface area contributed by atoms with E-state index in [-0.39, 0.29) is 11.1 Å². The van der Waals surface area contributed by atoms with Crippen LogP contribution in [0.15, 0.2) is 30.8 Å². The van der Waals surface area contributed by atoms with E-state index < -0.39 is 47.8 Å². The first-order chi connectivity index (χ1) is 12.6. The molecule has 0 atom stereocenters. The van der Waals surface area contributed by atoms with Gasteiger partial charge in [0.15, 0.2) is 0 Å². The van der Waals surface area contributed by atoms with Crippen LogP contribution in [0.4, 0.5) is 57.1 Å². The lowest BCUT2D eigenvalue weighted by Gasteiger charge is -2.40. The first-order valence-corrected chi connectivity index (χ1v) is 7.34. The minimum absolute atomic E-state index is 0.136. The van der Waals surface area contributed by atoms with Crippen molar-refractivity contribution in [3.05, 3.63) is 42.0 Å². The van der Waals surface area contributed by atoms with Crippen molar-refractivity contribution >= 4 is 5.57 Å². The van der Waals surface area contributed by atoms with Crippen LogP contribution >= 0.6 is 0 Å². The molecule has 0 amide bonds. The van der Waals surface area contributed by atoms with Crippen molar-refractivity contribution in [1.29, 1.82) is 0 Å². The Hall–Kier alpha value is -1.95. The predicted octanol–water partition coefficient (Wildman–Crippen LogP) is 7.14. The molecule has 0 saturated heterocycles. The van der Waals surface area contributed by atoms with Crippen LogP contribution in [0.5, 0.6) is 0 Å². The number of aryl methyl sites for hydroxylation is 1. The summed E-state index contributed by atoms with van der Waals surface area (Å²) in [6, 6.07) is 4.88. The zero-order valence-electron chi connectivity index (χ0n) is 14.1. The van der Waals surface area contributed by atoms with Gasteiger partial charge >= 0.3 is 35.8 Å². The summed E-state index contributed by atoms with van der Waals surface area (Å²) in [5.74, 6) is -36.9. The molecule has 0 saturated carbocycles. The largest absolute Gasteiger partial charge is 0.460 e. The third-order valence-electron chi connectivity index (χ3n) is 3.96. The van der Waals surface area contributed by atoms with Crippen molar-refractivity contribution < 1.29 is 57.1 Å². The molecule has 0 radical (unpaired) electrons. The highest BCUT2D eigenvalue weighted by Gasteiger charge is 2.90. The molecule has 0 heterocycles. The maximum Gasteiger partial charge on any atom is 0.460 e. The lowest BCUT2D eigenvalue weighted by Crippen LogP contribution is -2.70. The van der Waals surface area contributed by atoms with Crippen LogP contribution in [0.25, 0.3) is 5.57 Å². The molecule has 0 aliphatic rings. The smallest absolute Gasteiger partial charge is 0.199 e. The fourth-order valence-corrected chi connectivity index (χ4v) is 2.25. The molecule has 166 valence electrons. The molecule has 1 aromatic carbocycles. The summed E-state index contributed by atoms with van der Waals surface area (Å²) in [5, 5.41) is 0. The third-order valence-corrected chi connectivity index (χ3v) is 3.96. The van der Waals surface area contributed by atoms with E-state index in [0.717, 1.165) is 6.07 Å². The van der Waals surface area contributed by atoms with Crippen molar-refractivity contribution in [1.82, 2.24) is 0 Å². The second kappa shape index (κ2) is 7.08. The van der Waals surface area contributed by atoms with Gasteiger partial charge in [0, 0.05) is 6.42 Å². The number of alkyl halides is 13. The zero-order valence-corrected chi connectivity index (χ0v) is 14.1. The van der Waals surface area contributed by atoms with Crippen molar-refractivity contribution in [2.75, 3.05) is 0 Å². The Balaban J connectivity index is 3.39. The minimum atomic E-state index is -7.89. The molecule has 0 fully saturated rings. The Kier molecular flexibility index (Phi) is 6.12. The van der Waals surface area contributed by atoms with Crippen LogP contribution in [-0.2, 0) is 0 Å². The van der Waals surface area contributed by atoms with Gasteiger partial charge in [-0.3, -0.25) is 0 Å². The molecule has 1 rings (SSSR count). The van der Waals surface area contributed by atoms with Gasteiger partial charge in [0.25, 0.3) is 0 Å². The van der Waals surface area contributed by atoms with E-state index in [9.17, 15) is 57.1 Å². The van der Waals surface area contributed by atoms with Gasteiger partial charge in [-0.25, -0.2) is 0 Å². The van der Waals surface area contributed by atoms with Gasteiger partial charge in [-0.2, -0.15) is 57.1 Å². The van der Waals surface area contributed by atoms with Gasteiger partial charge in [0.1, 0.15) is 0 Å². The van der Waals surface area contributed by atoms with E-state index >= 15 is 0 Å². The van der Waals surface area contributed by atoms with Crippen LogP contribution < -0.4 is 0 Å². The van der Waals surface area contributed by atoms with Crippen LogP contribution in [-0.4, -0.2) is 35.8 Å². The van der Waals surface area contributed by atoms with Gasteiger partial charge in [-0.15, -0.1) is 0 Å². The summed E-state index contributed by atoms with van der Waals surface area (Å²) in [7, 11) is 0. The van der Waals surface area contributed by atoms with Crippen LogP contribution in [0.3, 0.4) is 0 Å². The molecule has 1 aromatic rings. The predicted molar refractivity (Wildman–Crippen MR) is 75.6 cm³/mol. The Morgan fingerprint density at radius 3 is 1.52 bits per heavy atom. The Morgan fingerprint density at radius 1 is 0.690 bits per heavy atom. The van der Waals surface area contributed by atoms with E-state index in [1.54, 1.807) is 0 Å². The Labute approximate surface area is 155 Å². The maximum atomic E-state index is 13.8. The molecule has 0 nitrogen and oxygen atoms in total. The van der Waals surface area contributed by atoms with E-state index in [1.165, 1.54) is 25.1 Å². The molecule has 13 heteroatoms. The molecule has 0 N–H and O–H groups in total. The Bertz CT molecular complexity index is 758. The average Bonchev–Trinajstić information content (AvgIpc) is 2.52. The van der Waals surface area contributed by atoms with Crippen LogP contribution in [0, 0.1) is 6.92 Å². The molecular weight excluding hydrogens is 439 g/mol. The number of hydrogen-bond donors (Lipinski definition) is 0. The molecule has 0 spiro atoms. The van der Waals surface area contributed by atoms with E-state index in [1.807, 2.05) is 0 Å². The highest BCUT2D eigenvalue weighted by atomic mass is 19.4. The Morgan fingerprint density at radius 2 is 1.10 bits per heavy atom. The van der Waals surface area contributed by atoms with Gasteiger partial charge in [-0.1, -0.05) is 30.8 Å². The molecule has 0 bridgehead atoms. The molecule has 29 heavy (non-hydrogen) atoms. The maximum absolute atomic E-state index is 13.8. The van der Waals surface area contributed by atoms with E-state index in [0.29, 0.717) is 0 Å². The monoisotopic (exact) mass is 450 g/mol. The number of halogens is 13. The summed E-state index contributed by atoms with van der Waals surface area (Å²) in [6.45, 7) is 4.21. The first-order valence-electron chi connectivity index (χ1n) is 7.34. The summed E-state index contributed by atoms with van der Waals surface area (Å²) in [5.41, 5.74) is -1.09. The molecular formula is C16H11F13. The van der Waals surface area contributed by atoms with E-state index in [2.05, 4.69) is 6.58 Å². The van der Waals surface area contributed by atoms with Gasteiger partial charge < -0.3 is 0 Å². The minimum Gasteiger partial charge on any atom is -0.199 e. The van der Waals surface area contributed by atoms with Crippen molar-refractivity contribution in [2.24, 2.45) is 0 Å². The summed E-state index contributed by atoms with van der Waals surface area (Å²) < 4.78 is 170. The fourth-order valence-electron chi connectivity index (χ4n) is 2.25. The zero-order chi connectivity index (χ0) is 23.3. The highest BCUT2D eigenvalue weighted by Crippen LogP contribution is 2.61. The topological polar surface area (TPSA) is 0 Å². The normalized spacial score (nSPS) is 14.8. The molecule has 0 unspecified atom stereocenters. The fraction of sp³-hybridized carbons (Fsp3) is 0.500. The van der Waals surface area contributed by atoms with Gasteiger partial charge in [0.05, 0.1) is 0 Å². The molecule has 0 aromatic heterocycles. The van der Waals surface area contributed by atoms with Crippen molar-refractivity contribution in [3.63, 3.8) is 0 Å². The van der Waals surface area contributed by atoms with E-state index in [4.69, 9.17) is 0 Å². The first kappa shape index (κ1) is 25.1. The molecule has 0 aliphatic carbocycles.